The van der Waals surface area contributed by atoms with Crippen LogP contribution in [0.2, 0.25) is 0 Å². The first-order valence-electron chi connectivity index (χ1n) is 6.21. The second kappa shape index (κ2) is 6.50. The highest BCUT2D eigenvalue weighted by molar-refractivity contribution is 5.49. The molecule has 0 amide bonds. The second-order valence-corrected chi connectivity index (χ2v) is 4.24. The van der Waals surface area contributed by atoms with Crippen LogP contribution < -0.4 is 0 Å². The van der Waals surface area contributed by atoms with Crippen LogP contribution in [0.15, 0.2) is 60.7 Å². The molecule has 0 saturated heterocycles. The second-order valence-electron chi connectivity index (χ2n) is 4.24. The Morgan fingerprint density at radius 2 is 1.68 bits per heavy atom. The molecule has 0 N–H and O–H groups in total. The molecule has 0 aliphatic carbocycles. The summed E-state index contributed by atoms with van der Waals surface area (Å²) in [5.74, 6) is 0. The predicted molar refractivity (Wildman–Crippen MR) is 76.9 cm³/mol. The molecule has 0 aliphatic rings. The lowest BCUT2D eigenvalue weighted by molar-refractivity contribution is -0.385. The van der Waals surface area contributed by atoms with E-state index in [4.69, 9.17) is 0 Å². The van der Waals surface area contributed by atoms with Crippen LogP contribution in [0.1, 0.15) is 17.5 Å². The molecule has 0 fully saturated rings. The lowest BCUT2D eigenvalue weighted by atomic mass is 10.1. The molecule has 3 heteroatoms. The summed E-state index contributed by atoms with van der Waals surface area (Å²) in [4.78, 5) is 10.5. The van der Waals surface area contributed by atoms with E-state index in [0.717, 1.165) is 17.5 Å². The van der Waals surface area contributed by atoms with E-state index < -0.39 is 0 Å². The van der Waals surface area contributed by atoms with Crippen LogP contribution in [0.25, 0.3) is 6.08 Å². The molecule has 0 bridgehead atoms. The summed E-state index contributed by atoms with van der Waals surface area (Å²) in [6.45, 7) is 0. The Morgan fingerprint density at radius 3 is 2.42 bits per heavy atom. The highest BCUT2D eigenvalue weighted by Crippen LogP contribution is 2.19. The van der Waals surface area contributed by atoms with Crippen LogP contribution in [0.4, 0.5) is 5.69 Å². The Kier molecular flexibility index (Phi) is 4.45. The summed E-state index contributed by atoms with van der Waals surface area (Å²) in [6.07, 6.45) is 5.56. The van der Waals surface area contributed by atoms with Crippen molar-refractivity contribution >= 4 is 11.8 Å². The topological polar surface area (TPSA) is 43.1 Å². The first kappa shape index (κ1) is 13.0. The number of hydrogen-bond donors (Lipinski definition) is 0. The molecule has 2 rings (SSSR count). The average molecular weight is 253 g/mol. The van der Waals surface area contributed by atoms with Crippen molar-refractivity contribution in [1.82, 2.24) is 0 Å². The number of aryl methyl sites for hydroxylation is 1. The number of benzene rings is 2. The number of hydrogen-bond acceptors (Lipinski definition) is 2. The summed E-state index contributed by atoms with van der Waals surface area (Å²) in [5, 5.41) is 10.9. The fraction of sp³-hybridized carbons (Fsp3) is 0.125. The van der Waals surface area contributed by atoms with Crippen LogP contribution in [0, 0.1) is 10.1 Å². The van der Waals surface area contributed by atoms with E-state index >= 15 is 0 Å². The summed E-state index contributed by atoms with van der Waals surface area (Å²) >= 11 is 0. The van der Waals surface area contributed by atoms with Gasteiger partial charge < -0.3 is 0 Å². The van der Waals surface area contributed by atoms with Gasteiger partial charge in [-0.3, -0.25) is 10.1 Å². The maximum absolute atomic E-state index is 10.9. The summed E-state index contributed by atoms with van der Waals surface area (Å²) < 4.78 is 0. The van der Waals surface area contributed by atoms with E-state index in [-0.39, 0.29) is 10.6 Å². The Hall–Kier alpha value is -2.42. The first-order valence-corrected chi connectivity index (χ1v) is 6.21. The van der Waals surface area contributed by atoms with Gasteiger partial charge >= 0.3 is 0 Å². The third kappa shape index (κ3) is 3.78. The van der Waals surface area contributed by atoms with Gasteiger partial charge in [0.25, 0.3) is 5.69 Å². The molecular weight excluding hydrogens is 238 g/mol. The van der Waals surface area contributed by atoms with Gasteiger partial charge in [-0.1, -0.05) is 60.7 Å². The highest BCUT2D eigenvalue weighted by Gasteiger charge is 2.10. The number of para-hydroxylation sites is 1. The molecule has 0 heterocycles. The molecule has 0 unspecified atom stereocenters. The van der Waals surface area contributed by atoms with Crippen LogP contribution in [0.3, 0.4) is 0 Å². The van der Waals surface area contributed by atoms with Crippen molar-refractivity contribution in [3.05, 3.63) is 81.9 Å². The molecule has 0 saturated carbocycles. The minimum atomic E-state index is -0.323. The fourth-order valence-electron chi connectivity index (χ4n) is 1.92. The van der Waals surface area contributed by atoms with E-state index in [1.54, 1.807) is 12.1 Å². The van der Waals surface area contributed by atoms with Gasteiger partial charge in [0, 0.05) is 11.6 Å². The van der Waals surface area contributed by atoms with E-state index in [1.165, 1.54) is 0 Å². The Balaban J connectivity index is 1.96. The summed E-state index contributed by atoms with van der Waals surface area (Å²) in [6, 6.07) is 16.9. The zero-order valence-electron chi connectivity index (χ0n) is 10.5. The molecule has 0 radical (unpaired) electrons. The van der Waals surface area contributed by atoms with Crippen molar-refractivity contribution in [2.24, 2.45) is 0 Å². The molecule has 0 spiro atoms. The van der Waals surface area contributed by atoms with Crippen LogP contribution in [-0.4, -0.2) is 4.92 Å². The molecule has 3 nitrogen and oxygen atoms in total. The average Bonchev–Trinajstić information content (AvgIpc) is 2.45. The Morgan fingerprint density at radius 1 is 1.00 bits per heavy atom. The van der Waals surface area contributed by atoms with Gasteiger partial charge in [0.05, 0.1) is 4.92 Å². The molecule has 0 aromatic heterocycles. The molecule has 96 valence electrons. The molecule has 19 heavy (non-hydrogen) atoms. The number of allylic oxidation sites excluding steroid dienone is 1. The van der Waals surface area contributed by atoms with E-state index in [2.05, 4.69) is 0 Å². The summed E-state index contributed by atoms with van der Waals surface area (Å²) in [5.41, 5.74) is 2.13. The van der Waals surface area contributed by atoms with Crippen molar-refractivity contribution in [3.63, 3.8) is 0 Å². The van der Waals surface area contributed by atoms with Gasteiger partial charge in [0.15, 0.2) is 0 Å². The Bertz CT molecular complexity index is 576. The maximum Gasteiger partial charge on any atom is 0.272 e. The van der Waals surface area contributed by atoms with Crippen molar-refractivity contribution in [2.75, 3.05) is 0 Å². The van der Waals surface area contributed by atoms with Crippen LogP contribution >= 0.6 is 0 Å². The largest absolute Gasteiger partial charge is 0.272 e. The minimum absolute atomic E-state index is 0.204. The molecule has 2 aromatic carbocycles. The van der Waals surface area contributed by atoms with Gasteiger partial charge in [-0.15, -0.1) is 0 Å². The molecule has 0 atom stereocenters. The highest BCUT2D eigenvalue weighted by atomic mass is 16.6. The number of nitro groups is 1. The lowest BCUT2D eigenvalue weighted by Crippen LogP contribution is -1.94. The van der Waals surface area contributed by atoms with E-state index in [0.29, 0.717) is 6.42 Å². The quantitative estimate of drug-likeness (QED) is 0.590. The molecular formula is C16H15NO2. The Labute approximate surface area is 112 Å². The zero-order valence-corrected chi connectivity index (χ0v) is 10.5. The smallest absolute Gasteiger partial charge is 0.258 e. The monoisotopic (exact) mass is 253 g/mol. The molecule has 0 aliphatic heterocycles. The van der Waals surface area contributed by atoms with Gasteiger partial charge in [-0.05, 0) is 18.4 Å². The third-order valence-corrected chi connectivity index (χ3v) is 2.88. The van der Waals surface area contributed by atoms with Crippen LogP contribution in [-0.2, 0) is 6.42 Å². The molecule has 2 aromatic rings. The van der Waals surface area contributed by atoms with Crippen molar-refractivity contribution in [3.8, 4) is 0 Å². The van der Waals surface area contributed by atoms with Crippen molar-refractivity contribution in [1.29, 1.82) is 0 Å². The van der Waals surface area contributed by atoms with Gasteiger partial charge in [0.1, 0.15) is 0 Å². The number of nitrogens with zero attached hydrogens (tertiary/aromatic N) is 1. The fourth-order valence-corrected chi connectivity index (χ4v) is 1.92. The third-order valence-electron chi connectivity index (χ3n) is 2.88. The standard InChI is InChI=1S/C16H15NO2/c18-17(19)16-13-7-6-12-15(16)11-5-4-10-14-8-2-1-3-9-14/h1-4,6-10,12-13H,5,11H2/b10-4+. The minimum Gasteiger partial charge on any atom is -0.258 e. The van der Waals surface area contributed by atoms with Crippen LogP contribution in [0.5, 0.6) is 0 Å². The summed E-state index contributed by atoms with van der Waals surface area (Å²) in [7, 11) is 0. The lowest BCUT2D eigenvalue weighted by Gasteiger charge is -2.00. The van der Waals surface area contributed by atoms with E-state index in [9.17, 15) is 10.1 Å². The van der Waals surface area contributed by atoms with Gasteiger partial charge in [-0.25, -0.2) is 0 Å². The predicted octanol–water partition coefficient (Wildman–Crippen LogP) is 4.24. The zero-order chi connectivity index (χ0) is 13.5. The SMILES string of the molecule is O=[N+]([O-])c1ccccc1CC/C=C/c1ccccc1. The van der Waals surface area contributed by atoms with Crippen molar-refractivity contribution in [2.45, 2.75) is 12.8 Å². The van der Waals surface area contributed by atoms with Gasteiger partial charge in [-0.2, -0.15) is 0 Å². The first-order chi connectivity index (χ1) is 9.27. The van der Waals surface area contributed by atoms with Gasteiger partial charge in [0.2, 0.25) is 0 Å². The number of rotatable bonds is 5. The van der Waals surface area contributed by atoms with Crippen molar-refractivity contribution < 1.29 is 4.92 Å². The number of nitro benzene ring substituents is 1. The van der Waals surface area contributed by atoms with E-state index in [1.807, 2.05) is 54.6 Å². The maximum atomic E-state index is 10.9. The normalized spacial score (nSPS) is 10.7.